The number of benzene rings is 1. The normalized spacial score (nSPS) is 20.1. The van der Waals surface area contributed by atoms with Gasteiger partial charge in [0.2, 0.25) is 0 Å². The van der Waals surface area contributed by atoms with E-state index in [2.05, 4.69) is 10.3 Å². The van der Waals surface area contributed by atoms with E-state index in [9.17, 15) is 13.2 Å². The van der Waals surface area contributed by atoms with Crippen LogP contribution in [0.4, 0.5) is 13.2 Å². The maximum absolute atomic E-state index is 12.6. The van der Waals surface area contributed by atoms with Gasteiger partial charge in [-0.3, -0.25) is 4.99 Å². The topological polar surface area (TPSA) is 24.4 Å². The molecule has 1 aromatic rings. The summed E-state index contributed by atoms with van der Waals surface area (Å²) in [6.45, 7) is 2.44. The molecule has 2 rings (SSSR count). The van der Waals surface area contributed by atoms with Crippen LogP contribution in [0.25, 0.3) is 0 Å². The second-order valence-corrected chi connectivity index (χ2v) is 4.33. The van der Waals surface area contributed by atoms with Gasteiger partial charge in [0.1, 0.15) is 5.84 Å². The molecular weight excluding hydrogens is 253 g/mol. The predicted molar refractivity (Wildman–Crippen MR) is 60.5 cm³/mol. The molecule has 0 bridgehead atoms. The highest BCUT2D eigenvalue weighted by atomic mass is 35.5. The summed E-state index contributed by atoms with van der Waals surface area (Å²) in [4.78, 5) is 4.12. The zero-order chi connectivity index (χ0) is 12.6. The number of aliphatic imine (C=N–C) groups is 1. The first kappa shape index (κ1) is 12.2. The second kappa shape index (κ2) is 4.22. The SMILES string of the molecule is CC1CN=C(c2cc(C(F)(F)F)ccc2Cl)N1. The fourth-order valence-electron chi connectivity index (χ4n) is 1.60. The number of nitrogens with one attached hydrogen (secondary N) is 1. The molecule has 1 aliphatic rings. The van der Waals surface area contributed by atoms with Crippen molar-refractivity contribution in [1.29, 1.82) is 0 Å². The second-order valence-electron chi connectivity index (χ2n) is 3.93. The fraction of sp³-hybridized carbons (Fsp3) is 0.364. The largest absolute Gasteiger partial charge is 0.416 e. The van der Waals surface area contributed by atoms with Crippen molar-refractivity contribution < 1.29 is 13.2 Å². The lowest BCUT2D eigenvalue weighted by Gasteiger charge is -2.11. The molecule has 0 amide bonds. The van der Waals surface area contributed by atoms with Crippen LogP contribution in [0.3, 0.4) is 0 Å². The summed E-state index contributed by atoms with van der Waals surface area (Å²) >= 11 is 5.89. The van der Waals surface area contributed by atoms with E-state index in [-0.39, 0.29) is 11.1 Å². The van der Waals surface area contributed by atoms with Crippen LogP contribution in [0, 0.1) is 0 Å². The van der Waals surface area contributed by atoms with E-state index in [1.54, 1.807) is 0 Å². The minimum atomic E-state index is -4.37. The van der Waals surface area contributed by atoms with Crippen molar-refractivity contribution in [2.24, 2.45) is 4.99 Å². The van der Waals surface area contributed by atoms with Gasteiger partial charge in [-0.25, -0.2) is 0 Å². The molecule has 92 valence electrons. The molecule has 0 aromatic heterocycles. The summed E-state index contributed by atoms with van der Waals surface area (Å²) in [5.41, 5.74) is -0.424. The predicted octanol–water partition coefficient (Wildman–Crippen LogP) is 3.10. The lowest BCUT2D eigenvalue weighted by molar-refractivity contribution is -0.137. The summed E-state index contributed by atoms with van der Waals surface area (Å²) in [7, 11) is 0. The van der Waals surface area contributed by atoms with Crippen LogP contribution in [0.2, 0.25) is 5.02 Å². The van der Waals surface area contributed by atoms with Gasteiger partial charge in [0.25, 0.3) is 0 Å². The van der Waals surface area contributed by atoms with Gasteiger partial charge < -0.3 is 5.32 Å². The van der Waals surface area contributed by atoms with Crippen LogP contribution in [-0.4, -0.2) is 18.4 Å². The zero-order valence-electron chi connectivity index (χ0n) is 8.98. The highest BCUT2D eigenvalue weighted by Crippen LogP contribution is 2.32. The third-order valence-corrected chi connectivity index (χ3v) is 2.78. The van der Waals surface area contributed by atoms with Crippen LogP contribution in [0.1, 0.15) is 18.1 Å². The van der Waals surface area contributed by atoms with Crippen LogP contribution in [0.5, 0.6) is 0 Å². The molecule has 6 heteroatoms. The Kier molecular flexibility index (Phi) is 3.03. The Balaban J connectivity index is 2.40. The number of rotatable bonds is 1. The molecule has 1 unspecified atom stereocenters. The number of alkyl halides is 3. The average molecular weight is 263 g/mol. The molecule has 0 spiro atoms. The molecule has 0 fully saturated rings. The Bertz CT molecular complexity index is 468. The molecule has 0 saturated carbocycles. The van der Waals surface area contributed by atoms with E-state index < -0.39 is 11.7 Å². The van der Waals surface area contributed by atoms with Gasteiger partial charge in [0.15, 0.2) is 0 Å². The van der Waals surface area contributed by atoms with Crippen molar-refractivity contribution in [3.05, 3.63) is 34.3 Å². The summed E-state index contributed by atoms with van der Waals surface area (Å²) in [6.07, 6.45) is -4.37. The molecule has 1 aliphatic heterocycles. The van der Waals surface area contributed by atoms with E-state index in [1.807, 2.05) is 6.92 Å². The lowest BCUT2D eigenvalue weighted by atomic mass is 10.1. The molecule has 2 nitrogen and oxygen atoms in total. The maximum atomic E-state index is 12.6. The summed E-state index contributed by atoms with van der Waals surface area (Å²) in [5.74, 6) is 0.425. The van der Waals surface area contributed by atoms with E-state index in [4.69, 9.17) is 11.6 Å². The fourth-order valence-corrected chi connectivity index (χ4v) is 1.81. The Morgan fingerprint density at radius 2 is 2.12 bits per heavy atom. The summed E-state index contributed by atoms with van der Waals surface area (Å²) in [5, 5.41) is 3.25. The van der Waals surface area contributed by atoms with Crippen molar-refractivity contribution in [3.63, 3.8) is 0 Å². The average Bonchev–Trinajstić information content (AvgIpc) is 2.63. The first-order chi connectivity index (χ1) is 7.88. The lowest BCUT2D eigenvalue weighted by Crippen LogP contribution is -2.28. The van der Waals surface area contributed by atoms with Crippen molar-refractivity contribution in [3.8, 4) is 0 Å². The summed E-state index contributed by atoms with van der Waals surface area (Å²) < 4.78 is 37.7. The third kappa shape index (κ3) is 2.54. The Morgan fingerprint density at radius 3 is 2.65 bits per heavy atom. The molecule has 0 radical (unpaired) electrons. The smallest absolute Gasteiger partial charge is 0.366 e. The minimum absolute atomic E-state index is 0.121. The highest BCUT2D eigenvalue weighted by Gasteiger charge is 2.31. The monoisotopic (exact) mass is 262 g/mol. The first-order valence-electron chi connectivity index (χ1n) is 5.06. The van der Waals surface area contributed by atoms with Gasteiger partial charge in [-0.05, 0) is 25.1 Å². The van der Waals surface area contributed by atoms with Crippen LogP contribution in [0.15, 0.2) is 23.2 Å². The van der Waals surface area contributed by atoms with Gasteiger partial charge >= 0.3 is 6.18 Å². The molecule has 0 saturated heterocycles. The molecule has 17 heavy (non-hydrogen) atoms. The molecule has 1 aromatic carbocycles. The van der Waals surface area contributed by atoms with Gasteiger partial charge in [0.05, 0.1) is 17.1 Å². The van der Waals surface area contributed by atoms with E-state index >= 15 is 0 Å². The Morgan fingerprint density at radius 1 is 1.41 bits per heavy atom. The van der Waals surface area contributed by atoms with Crippen molar-refractivity contribution in [1.82, 2.24) is 5.32 Å². The standard InChI is InChI=1S/C11H10ClF3N2/c1-6-5-16-10(17-6)8-4-7(11(13,14)15)2-3-9(8)12/h2-4,6H,5H2,1H3,(H,16,17). The van der Waals surface area contributed by atoms with Crippen molar-refractivity contribution in [2.45, 2.75) is 19.1 Å². The highest BCUT2D eigenvalue weighted by molar-refractivity contribution is 6.34. The van der Waals surface area contributed by atoms with Gasteiger partial charge in [-0.1, -0.05) is 11.6 Å². The number of amidine groups is 1. The Labute approximate surface area is 101 Å². The summed E-state index contributed by atoms with van der Waals surface area (Å²) in [6, 6.07) is 3.35. The van der Waals surface area contributed by atoms with Crippen molar-refractivity contribution >= 4 is 17.4 Å². The molecule has 1 N–H and O–H groups in total. The van der Waals surface area contributed by atoms with Gasteiger partial charge in [0, 0.05) is 11.6 Å². The molecular formula is C11H10ClF3N2. The van der Waals surface area contributed by atoms with Gasteiger partial charge in [-0.2, -0.15) is 13.2 Å². The minimum Gasteiger partial charge on any atom is -0.366 e. The Hall–Kier alpha value is -1.23. The van der Waals surface area contributed by atoms with Crippen molar-refractivity contribution in [2.75, 3.05) is 6.54 Å². The van der Waals surface area contributed by atoms with Crippen LogP contribution >= 0.6 is 11.6 Å². The van der Waals surface area contributed by atoms with Crippen LogP contribution in [-0.2, 0) is 6.18 Å². The first-order valence-corrected chi connectivity index (χ1v) is 5.44. The van der Waals surface area contributed by atoms with Crippen LogP contribution < -0.4 is 5.32 Å². The number of hydrogen-bond donors (Lipinski definition) is 1. The van der Waals surface area contributed by atoms with Gasteiger partial charge in [-0.15, -0.1) is 0 Å². The molecule has 1 heterocycles. The zero-order valence-corrected chi connectivity index (χ0v) is 9.73. The molecule has 1 atom stereocenters. The number of hydrogen-bond acceptors (Lipinski definition) is 2. The quantitative estimate of drug-likeness (QED) is 0.826. The third-order valence-electron chi connectivity index (χ3n) is 2.46. The number of halogens is 4. The number of nitrogens with zero attached hydrogens (tertiary/aromatic N) is 1. The van der Waals surface area contributed by atoms with E-state index in [0.29, 0.717) is 17.9 Å². The maximum Gasteiger partial charge on any atom is 0.416 e. The van der Waals surface area contributed by atoms with E-state index in [0.717, 1.165) is 12.1 Å². The molecule has 0 aliphatic carbocycles. The van der Waals surface area contributed by atoms with E-state index in [1.165, 1.54) is 6.07 Å².